The molecule has 1 aromatic carbocycles. The fourth-order valence-electron chi connectivity index (χ4n) is 4.49. The van der Waals surface area contributed by atoms with E-state index in [4.69, 9.17) is 4.74 Å². The Morgan fingerprint density at radius 2 is 2.10 bits per heavy atom. The molecule has 1 aromatic rings. The number of nitrogens with zero attached hydrogens (tertiary/aromatic N) is 2. The van der Waals surface area contributed by atoms with Crippen LogP contribution in [0.4, 0.5) is 4.39 Å². The van der Waals surface area contributed by atoms with E-state index in [2.05, 4.69) is 10.2 Å². The molecule has 0 aliphatic carbocycles. The molecule has 1 atom stereocenters. The standard InChI is InChI=1S/C22H32FN3O3/c1-16(2)24-20(27)7-11-25-12-9-22(15-25)8-4-10-26(21(22)28)14-17-13-18(29-3)5-6-19(17)23/h5-6,13,16H,4,7-12,14-15H2,1-3H3,(H,24,27). The smallest absolute Gasteiger partial charge is 0.230 e. The Labute approximate surface area is 172 Å². The van der Waals surface area contributed by atoms with E-state index in [0.717, 1.165) is 25.8 Å². The molecule has 2 heterocycles. The van der Waals surface area contributed by atoms with Crippen molar-refractivity contribution in [3.8, 4) is 5.75 Å². The molecular weight excluding hydrogens is 373 g/mol. The van der Waals surface area contributed by atoms with Gasteiger partial charge in [0.05, 0.1) is 12.5 Å². The Kier molecular flexibility index (Phi) is 6.77. The van der Waals surface area contributed by atoms with Crippen LogP contribution in [0.3, 0.4) is 0 Å². The Balaban J connectivity index is 1.61. The molecule has 3 rings (SSSR count). The molecule has 29 heavy (non-hydrogen) atoms. The van der Waals surface area contributed by atoms with Crippen molar-refractivity contribution >= 4 is 11.8 Å². The van der Waals surface area contributed by atoms with E-state index < -0.39 is 5.41 Å². The number of methoxy groups -OCH3 is 1. The number of ether oxygens (including phenoxy) is 1. The molecule has 2 fully saturated rings. The molecule has 160 valence electrons. The Morgan fingerprint density at radius 1 is 1.31 bits per heavy atom. The number of hydrogen-bond donors (Lipinski definition) is 1. The van der Waals surface area contributed by atoms with Crippen molar-refractivity contribution in [3.63, 3.8) is 0 Å². The largest absolute Gasteiger partial charge is 0.497 e. The molecule has 1 unspecified atom stereocenters. The summed E-state index contributed by atoms with van der Waals surface area (Å²) in [5.41, 5.74) is 0.0808. The van der Waals surface area contributed by atoms with Crippen LogP contribution in [0.5, 0.6) is 5.75 Å². The van der Waals surface area contributed by atoms with E-state index >= 15 is 0 Å². The lowest BCUT2D eigenvalue weighted by molar-refractivity contribution is -0.146. The highest BCUT2D eigenvalue weighted by molar-refractivity contribution is 5.84. The number of rotatable bonds is 7. The van der Waals surface area contributed by atoms with Crippen LogP contribution in [0.2, 0.25) is 0 Å². The van der Waals surface area contributed by atoms with Gasteiger partial charge < -0.3 is 19.9 Å². The first-order valence-electron chi connectivity index (χ1n) is 10.5. The van der Waals surface area contributed by atoms with E-state index in [0.29, 0.717) is 37.4 Å². The monoisotopic (exact) mass is 405 g/mol. The van der Waals surface area contributed by atoms with E-state index in [-0.39, 0.29) is 30.2 Å². The fraction of sp³-hybridized carbons (Fsp3) is 0.636. The summed E-state index contributed by atoms with van der Waals surface area (Å²) in [4.78, 5) is 29.2. The van der Waals surface area contributed by atoms with Gasteiger partial charge in [0.15, 0.2) is 0 Å². The molecule has 2 aliphatic rings. The van der Waals surface area contributed by atoms with Gasteiger partial charge in [0.1, 0.15) is 11.6 Å². The lowest BCUT2D eigenvalue weighted by Gasteiger charge is -2.39. The Bertz CT molecular complexity index is 755. The summed E-state index contributed by atoms with van der Waals surface area (Å²) in [6, 6.07) is 4.77. The zero-order valence-corrected chi connectivity index (χ0v) is 17.7. The van der Waals surface area contributed by atoms with Crippen LogP contribution < -0.4 is 10.1 Å². The second kappa shape index (κ2) is 9.11. The highest BCUT2D eigenvalue weighted by Crippen LogP contribution is 2.40. The summed E-state index contributed by atoms with van der Waals surface area (Å²) >= 11 is 0. The number of nitrogens with one attached hydrogen (secondary N) is 1. The van der Waals surface area contributed by atoms with Crippen molar-refractivity contribution in [3.05, 3.63) is 29.6 Å². The molecule has 1 N–H and O–H groups in total. The van der Waals surface area contributed by atoms with Gasteiger partial charge in [0, 0.05) is 44.2 Å². The second-order valence-electron chi connectivity index (χ2n) is 8.57. The van der Waals surface area contributed by atoms with Gasteiger partial charge in [-0.1, -0.05) is 0 Å². The maximum Gasteiger partial charge on any atom is 0.230 e. The fourth-order valence-corrected chi connectivity index (χ4v) is 4.49. The maximum atomic E-state index is 14.2. The normalized spacial score (nSPS) is 22.5. The predicted octanol–water partition coefficient (Wildman–Crippen LogP) is 2.56. The molecule has 6 nitrogen and oxygen atoms in total. The molecule has 0 bridgehead atoms. The number of carbonyl (C=O) groups is 2. The number of likely N-dealkylation sites (tertiary alicyclic amines) is 2. The first kappa shape index (κ1) is 21.6. The van der Waals surface area contributed by atoms with Crippen LogP contribution in [0, 0.1) is 11.2 Å². The first-order valence-corrected chi connectivity index (χ1v) is 10.5. The Morgan fingerprint density at radius 3 is 2.83 bits per heavy atom. The molecule has 0 saturated carbocycles. The minimum atomic E-state index is -0.401. The van der Waals surface area contributed by atoms with Crippen LogP contribution in [-0.2, 0) is 16.1 Å². The molecule has 0 radical (unpaired) electrons. The zero-order chi connectivity index (χ0) is 21.0. The van der Waals surface area contributed by atoms with Crippen LogP contribution in [-0.4, -0.2) is 60.9 Å². The molecule has 0 aromatic heterocycles. The summed E-state index contributed by atoms with van der Waals surface area (Å²) in [6.07, 6.45) is 3.02. The highest BCUT2D eigenvalue weighted by atomic mass is 19.1. The van der Waals surface area contributed by atoms with Crippen LogP contribution >= 0.6 is 0 Å². The van der Waals surface area contributed by atoms with Crippen molar-refractivity contribution in [1.82, 2.24) is 15.1 Å². The average molecular weight is 406 g/mol. The van der Waals surface area contributed by atoms with Crippen molar-refractivity contribution in [2.75, 3.05) is 33.3 Å². The Hall–Kier alpha value is -2.15. The number of benzene rings is 1. The van der Waals surface area contributed by atoms with Crippen molar-refractivity contribution < 1.29 is 18.7 Å². The second-order valence-corrected chi connectivity index (χ2v) is 8.57. The summed E-state index contributed by atoms with van der Waals surface area (Å²) in [6.45, 7) is 6.97. The molecule has 7 heteroatoms. The van der Waals surface area contributed by atoms with Gasteiger partial charge in [0.2, 0.25) is 11.8 Å². The molecule has 2 aliphatic heterocycles. The average Bonchev–Trinajstić information content (AvgIpc) is 3.09. The molecule has 1 spiro atoms. The third-order valence-corrected chi connectivity index (χ3v) is 5.98. The first-order chi connectivity index (χ1) is 13.8. The van der Waals surface area contributed by atoms with E-state index in [1.807, 2.05) is 13.8 Å². The summed E-state index contributed by atoms with van der Waals surface area (Å²) < 4.78 is 19.4. The van der Waals surface area contributed by atoms with E-state index in [1.54, 1.807) is 24.1 Å². The molecule has 2 amide bonds. The van der Waals surface area contributed by atoms with Gasteiger partial charge in [-0.05, 0) is 57.9 Å². The number of amides is 2. The third kappa shape index (κ3) is 5.07. The minimum absolute atomic E-state index is 0.0473. The number of carbonyl (C=O) groups excluding carboxylic acids is 2. The van der Waals surface area contributed by atoms with Crippen molar-refractivity contribution in [2.24, 2.45) is 5.41 Å². The molecule has 2 saturated heterocycles. The number of halogens is 1. The highest BCUT2D eigenvalue weighted by Gasteiger charge is 2.48. The third-order valence-electron chi connectivity index (χ3n) is 5.98. The van der Waals surface area contributed by atoms with E-state index in [9.17, 15) is 14.0 Å². The van der Waals surface area contributed by atoms with Gasteiger partial charge in [-0.15, -0.1) is 0 Å². The van der Waals surface area contributed by atoms with Gasteiger partial charge in [-0.2, -0.15) is 0 Å². The van der Waals surface area contributed by atoms with Crippen LogP contribution in [0.15, 0.2) is 18.2 Å². The zero-order valence-electron chi connectivity index (χ0n) is 17.7. The summed E-state index contributed by atoms with van der Waals surface area (Å²) in [7, 11) is 1.55. The number of hydrogen-bond acceptors (Lipinski definition) is 4. The van der Waals surface area contributed by atoms with Crippen LogP contribution in [0.25, 0.3) is 0 Å². The van der Waals surface area contributed by atoms with E-state index in [1.165, 1.54) is 6.07 Å². The summed E-state index contributed by atoms with van der Waals surface area (Å²) in [5.74, 6) is 0.431. The topological polar surface area (TPSA) is 61.9 Å². The number of piperidine rings is 1. The maximum absolute atomic E-state index is 14.2. The lowest BCUT2D eigenvalue weighted by atomic mass is 9.78. The SMILES string of the molecule is COc1ccc(F)c(CN2CCCC3(CCN(CCC(=O)NC(C)C)C3)C2=O)c1. The van der Waals surface area contributed by atoms with Gasteiger partial charge in [-0.25, -0.2) is 4.39 Å². The predicted molar refractivity (Wildman–Crippen MR) is 109 cm³/mol. The minimum Gasteiger partial charge on any atom is -0.497 e. The summed E-state index contributed by atoms with van der Waals surface area (Å²) in [5, 5.41) is 2.91. The molecular formula is C22H32FN3O3. The van der Waals surface area contributed by atoms with Crippen molar-refractivity contribution in [1.29, 1.82) is 0 Å². The van der Waals surface area contributed by atoms with Gasteiger partial charge in [-0.3, -0.25) is 9.59 Å². The lowest BCUT2D eigenvalue weighted by Crippen LogP contribution is -2.49. The quantitative estimate of drug-likeness (QED) is 0.757. The van der Waals surface area contributed by atoms with Crippen LogP contribution in [0.1, 0.15) is 45.1 Å². The van der Waals surface area contributed by atoms with Gasteiger partial charge in [0.25, 0.3) is 0 Å². The van der Waals surface area contributed by atoms with Crippen molar-refractivity contribution in [2.45, 2.75) is 52.1 Å². The van der Waals surface area contributed by atoms with Gasteiger partial charge >= 0.3 is 0 Å².